The third-order valence-corrected chi connectivity index (χ3v) is 5.10. The number of para-hydroxylation sites is 1. The lowest BCUT2D eigenvalue weighted by Gasteiger charge is -2.25. The van der Waals surface area contributed by atoms with Gasteiger partial charge in [-0.25, -0.2) is 9.97 Å². The molecule has 26 heavy (non-hydrogen) atoms. The molecular formula is C21H24N4O. The van der Waals surface area contributed by atoms with Crippen molar-refractivity contribution in [1.82, 2.24) is 19.4 Å². The van der Waals surface area contributed by atoms with E-state index in [2.05, 4.69) is 47.1 Å². The molecule has 0 saturated carbocycles. The van der Waals surface area contributed by atoms with E-state index in [0.29, 0.717) is 6.04 Å². The first-order valence-electron chi connectivity index (χ1n) is 9.08. The van der Waals surface area contributed by atoms with E-state index in [9.17, 15) is 0 Å². The Morgan fingerprint density at radius 3 is 2.88 bits per heavy atom. The lowest BCUT2D eigenvalue weighted by molar-refractivity contribution is 0.240. The van der Waals surface area contributed by atoms with Crippen LogP contribution in [0.3, 0.4) is 0 Å². The summed E-state index contributed by atoms with van der Waals surface area (Å²) in [4.78, 5) is 11.5. The number of hydrogen-bond donors (Lipinski definition) is 0. The average Bonchev–Trinajstić information content (AvgIpc) is 3.34. The van der Waals surface area contributed by atoms with Crippen molar-refractivity contribution in [1.29, 1.82) is 0 Å². The number of imidazole rings is 1. The summed E-state index contributed by atoms with van der Waals surface area (Å²) in [5.74, 6) is 1.92. The van der Waals surface area contributed by atoms with Crippen LogP contribution in [0.15, 0.2) is 55.1 Å². The summed E-state index contributed by atoms with van der Waals surface area (Å²) in [5.41, 5.74) is 3.55. The van der Waals surface area contributed by atoms with Gasteiger partial charge in [0, 0.05) is 24.5 Å². The zero-order chi connectivity index (χ0) is 17.9. The van der Waals surface area contributed by atoms with E-state index in [4.69, 9.17) is 9.72 Å². The Kier molecular flexibility index (Phi) is 4.71. The van der Waals surface area contributed by atoms with Crippen molar-refractivity contribution in [2.75, 3.05) is 13.7 Å². The number of aromatic nitrogens is 3. The molecule has 1 saturated heterocycles. The molecule has 0 unspecified atom stereocenters. The predicted octanol–water partition coefficient (Wildman–Crippen LogP) is 3.92. The fourth-order valence-corrected chi connectivity index (χ4v) is 3.86. The van der Waals surface area contributed by atoms with E-state index in [-0.39, 0.29) is 0 Å². The molecule has 1 aliphatic rings. The molecule has 4 rings (SSSR count). The Bertz CT molecular complexity index is 875. The number of hydrogen-bond acceptors (Lipinski definition) is 4. The largest absolute Gasteiger partial charge is 0.496 e. The molecule has 1 aliphatic heterocycles. The lowest BCUT2D eigenvalue weighted by atomic mass is 10.1. The average molecular weight is 348 g/mol. The second-order valence-electron chi connectivity index (χ2n) is 6.79. The van der Waals surface area contributed by atoms with Crippen molar-refractivity contribution in [2.24, 2.45) is 0 Å². The number of pyridine rings is 1. The molecule has 2 aromatic heterocycles. The maximum absolute atomic E-state index is 5.64. The fraction of sp³-hybridized carbons (Fsp3) is 0.333. The molecule has 1 atom stereocenters. The Balaban J connectivity index is 1.60. The first-order valence-corrected chi connectivity index (χ1v) is 9.08. The zero-order valence-corrected chi connectivity index (χ0v) is 15.3. The summed E-state index contributed by atoms with van der Waals surface area (Å²) in [6, 6.07) is 12.9. The normalized spacial score (nSPS) is 17.5. The second kappa shape index (κ2) is 7.30. The van der Waals surface area contributed by atoms with Gasteiger partial charge in [-0.1, -0.05) is 24.3 Å². The van der Waals surface area contributed by atoms with Gasteiger partial charge in [0.2, 0.25) is 0 Å². The standard InChI is InChI=1S/C21H24N4O/c1-16-6-3-7-17(21(16)26-2)14-24-12-5-9-19(24)18-8-4-10-20(23-18)25-13-11-22-15-25/h3-4,6-8,10-11,13,15,19H,5,9,12,14H2,1-2H3/t19-/m0/s1. The summed E-state index contributed by atoms with van der Waals surface area (Å²) in [7, 11) is 1.75. The first kappa shape index (κ1) is 16.8. The topological polar surface area (TPSA) is 43.2 Å². The molecule has 0 N–H and O–H groups in total. The molecule has 0 bridgehead atoms. The highest BCUT2D eigenvalue weighted by Gasteiger charge is 2.28. The molecule has 1 aromatic carbocycles. The molecule has 5 nitrogen and oxygen atoms in total. The number of nitrogens with zero attached hydrogens (tertiary/aromatic N) is 4. The van der Waals surface area contributed by atoms with Crippen LogP contribution in [0.1, 0.15) is 35.7 Å². The third kappa shape index (κ3) is 3.22. The van der Waals surface area contributed by atoms with Crippen LogP contribution in [-0.2, 0) is 6.54 Å². The number of ether oxygens (including phenoxy) is 1. The number of benzene rings is 1. The van der Waals surface area contributed by atoms with E-state index in [1.54, 1.807) is 19.6 Å². The maximum atomic E-state index is 5.64. The summed E-state index contributed by atoms with van der Waals surface area (Å²) in [6.07, 6.45) is 7.82. The second-order valence-corrected chi connectivity index (χ2v) is 6.79. The highest BCUT2D eigenvalue weighted by Crippen LogP contribution is 2.34. The van der Waals surface area contributed by atoms with Crippen LogP contribution in [0.4, 0.5) is 0 Å². The quantitative estimate of drug-likeness (QED) is 0.701. The Morgan fingerprint density at radius 2 is 2.08 bits per heavy atom. The van der Waals surface area contributed by atoms with Crippen molar-refractivity contribution >= 4 is 0 Å². The van der Waals surface area contributed by atoms with Crippen LogP contribution in [0, 0.1) is 6.92 Å². The fourth-order valence-electron chi connectivity index (χ4n) is 3.86. The van der Waals surface area contributed by atoms with Gasteiger partial charge >= 0.3 is 0 Å². The first-order chi connectivity index (χ1) is 12.8. The molecule has 5 heteroatoms. The Labute approximate surface area is 154 Å². The minimum atomic E-state index is 0.337. The predicted molar refractivity (Wildman–Crippen MR) is 101 cm³/mol. The van der Waals surface area contributed by atoms with Gasteiger partial charge in [-0.15, -0.1) is 0 Å². The highest BCUT2D eigenvalue weighted by molar-refractivity contribution is 5.40. The van der Waals surface area contributed by atoms with Gasteiger partial charge in [-0.05, 0) is 44.0 Å². The Hall–Kier alpha value is -2.66. The van der Waals surface area contributed by atoms with Gasteiger partial charge in [0.25, 0.3) is 0 Å². The SMILES string of the molecule is COc1c(C)cccc1CN1CCC[C@H]1c1cccc(-n2ccnc2)n1. The van der Waals surface area contributed by atoms with Crippen LogP contribution >= 0.6 is 0 Å². The molecule has 3 heterocycles. The third-order valence-electron chi connectivity index (χ3n) is 5.10. The van der Waals surface area contributed by atoms with E-state index in [1.165, 1.54) is 17.5 Å². The molecule has 0 spiro atoms. The number of methoxy groups -OCH3 is 1. The molecule has 1 fully saturated rings. The van der Waals surface area contributed by atoms with Gasteiger partial charge in [-0.3, -0.25) is 9.47 Å². The molecule has 3 aromatic rings. The van der Waals surface area contributed by atoms with Crippen molar-refractivity contribution in [3.63, 3.8) is 0 Å². The van der Waals surface area contributed by atoms with Gasteiger partial charge in [0.15, 0.2) is 0 Å². The Morgan fingerprint density at radius 1 is 1.19 bits per heavy atom. The zero-order valence-electron chi connectivity index (χ0n) is 15.3. The van der Waals surface area contributed by atoms with Crippen molar-refractivity contribution in [2.45, 2.75) is 32.4 Å². The van der Waals surface area contributed by atoms with Crippen LogP contribution < -0.4 is 4.74 Å². The van der Waals surface area contributed by atoms with Crippen LogP contribution in [0.2, 0.25) is 0 Å². The minimum absolute atomic E-state index is 0.337. The van der Waals surface area contributed by atoms with Crippen LogP contribution in [-0.4, -0.2) is 33.1 Å². The van der Waals surface area contributed by atoms with Gasteiger partial charge in [0.1, 0.15) is 17.9 Å². The summed E-state index contributed by atoms with van der Waals surface area (Å²) >= 11 is 0. The minimum Gasteiger partial charge on any atom is -0.496 e. The van der Waals surface area contributed by atoms with E-state index in [0.717, 1.165) is 36.8 Å². The molecular weight excluding hydrogens is 324 g/mol. The number of likely N-dealkylation sites (tertiary alicyclic amines) is 1. The molecule has 0 radical (unpaired) electrons. The van der Waals surface area contributed by atoms with Crippen molar-refractivity contribution < 1.29 is 4.74 Å². The summed E-state index contributed by atoms with van der Waals surface area (Å²) < 4.78 is 7.59. The van der Waals surface area contributed by atoms with Crippen LogP contribution in [0.25, 0.3) is 5.82 Å². The molecule has 134 valence electrons. The smallest absolute Gasteiger partial charge is 0.138 e. The molecule has 0 aliphatic carbocycles. The summed E-state index contributed by atoms with van der Waals surface area (Å²) in [5, 5.41) is 0. The van der Waals surface area contributed by atoms with Gasteiger partial charge < -0.3 is 4.74 Å². The molecule has 0 amide bonds. The van der Waals surface area contributed by atoms with Crippen molar-refractivity contribution in [3.05, 3.63) is 71.9 Å². The van der Waals surface area contributed by atoms with E-state index >= 15 is 0 Å². The van der Waals surface area contributed by atoms with E-state index in [1.807, 2.05) is 16.8 Å². The van der Waals surface area contributed by atoms with E-state index < -0.39 is 0 Å². The van der Waals surface area contributed by atoms with Gasteiger partial charge in [-0.2, -0.15) is 0 Å². The monoisotopic (exact) mass is 348 g/mol. The lowest BCUT2D eigenvalue weighted by Crippen LogP contribution is -2.24. The van der Waals surface area contributed by atoms with Gasteiger partial charge in [0.05, 0.1) is 18.8 Å². The van der Waals surface area contributed by atoms with Crippen molar-refractivity contribution in [3.8, 4) is 11.6 Å². The highest BCUT2D eigenvalue weighted by atomic mass is 16.5. The number of aryl methyl sites for hydroxylation is 1. The summed E-state index contributed by atoms with van der Waals surface area (Å²) in [6.45, 7) is 4.06. The number of rotatable bonds is 5. The maximum Gasteiger partial charge on any atom is 0.138 e. The van der Waals surface area contributed by atoms with Crippen LogP contribution in [0.5, 0.6) is 5.75 Å².